The van der Waals surface area contributed by atoms with E-state index in [0.29, 0.717) is 19.6 Å². The van der Waals surface area contributed by atoms with Gasteiger partial charge >= 0.3 is 0 Å². The molecule has 17 heavy (non-hydrogen) atoms. The molecule has 3 N–H and O–H groups in total. The van der Waals surface area contributed by atoms with E-state index >= 15 is 0 Å². The smallest absolute Gasteiger partial charge is 0.179 e. The van der Waals surface area contributed by atoms with Crippen LogP contribution in [0.15, 0.2) is 30.3 Å². The van der Waals surface area contributed by atoms with Gasteiger partial charge in [0.15, 0.2) is 6.19 Å². The quantitative estimate of drug-likeness (QED) is 0.541. The number of nitriles is 1. The standard InChI is InChI=1S/C13H20N4/c1-12(16-8-7-14)9-17(11-15)10-13-5-3-2-4-6-13/h2-6,12,16H,7-10,14H2,1H3. The third-order valence-electron chi connectivity index (χ3n) is 2.49. The van der Waals surface area contributed by atoms with Crippen LogP contribution in [0.25, 0.3) is 0 Å². The molecule has 1 unspecified atom stereocenters. The minimum atomic E-state index is 0.266. The molecule has 4 heteroatoms. The maximum absolute atomic E-state index is 9.09. The zero-order valence-electron chi connectivity index (χ0n) is 10.3. The van der Waals surface area contributed by atoms with E-state index < -0.39 is 0 Å². The maximum atomic E-state index is 9.09. The Morgan fingerprint density at radius 2 is 2.12 bits per heavy atom. The molecule has 0 aliphatic heterocycles. The number of nitrogens with zero attached hydrogens (tertiary/aromatic N) is 2. The summed E-state index contributed by atoms with van der Waals surface area (Å²) in [5.74, 6) is 0. The van der Waals surface area contributed by atoms with Crippen molar-refractivity contribution < 1.29 is 0 Å². The fraction of sp³-hybridized carbons (Fsp3) is 0.462. The van der Waals surface area contributed by atoms with E-state index in [2.05, 4.69) is 18.4 Å². The number of rotatable bonds is 7. The van der Waals surface area contributed by atoms with Crippen molar-refractivity contribution in [3.63, 3.8) is 0 Å². The van der Waals surface area contributed by atoms with Crippen molar-refractivity contribution in [1.29, 1.82) is 5.26 Å². The van der Waals surface area contributed by atoms with E-state index in [9.17, 15) is 0 Å². The Hall–Kier alpha value is -1.57. The van der Waals surface area contributed by atoms with Gasteiger partial charge in [0.05, 0.1) is 6.54 Å². The molecule has 0 bridgehead atoms. The van der Waals surface area contributed by atoms with E-state index in [1.807, 2.05) is 30.3 Å². The summed E-state index contributed by atoms with van der Waals surface area (Å²) >= 11 is 0. The lowest BCUT2D eigenvalue weighted by Crippen LogP contribution is -2.39. The van der Waals surface area contributed by atoms with Gasteiger partial charge in [-0.15, -0.1) is 0 Å². The Morgan fingerprint density at radius 1 is 1.41 bits per heavy atom. The molecular formula is C13H20N4. The zero-order chi connectivity index (χ0) is 12.5. The van der Waals surface area contributed by atoms with E-state index in [4.69, 9.17) is 11.0 Å². The Kier molecular flexibility index (Phi) is 6.08. The summed E-state index contributed by atoms with van der Waals surface area (Å²) in [6.07, 6.45) is 2.22. The number of nitrogens with one attached hydrogen (secondary N) is 1. The van der Waals surface area contributed by atoms with Gasteiger partial charge in [-0.2, -0.15) is 5.26 Å². The summed E-state index contributed by atoms with van der Waals surface area (Å²) in [5, 5.41) is 12.4. The third-order valence-corrected chi connectivity index (χ3v) is 2.49. The van der Waals surface area contributed by atoms with Crippen molar-refractivity contribution in [2.75, 3.05) is 19.6 Å². The molecule has 1 aromatic carbocycles. The van der Waals surface area contributed by atoms with Crippen molar-refractivity contribution in [3.8, 4) is 6.19 Å². The SMILES string of the molecule is CC(CN(C#N)Cc1ccccc1)NCCN. The average Bonchev–Trinajstić information content (AvgIpc) is 2.36. The van der Waals surface area contributed by atoms with Crippen LogP contribution in [0.1, 0.15) is 12.5 Å². The van der Waals surface area contributed by atoms with Gasteiger partial charge in [0.1, 0.15) is 0 Å². The van der Waals surface area contributed by atoms with Crippen LogP contribution in [-0.4, -0.2) is 30.6 Å². The van der Waals surface area contributed by atoms with Crippen LogP contribution in [0.3, 0.4) is 0 Å². The van der Waals surface area contributed by atoms with Crippen molar-refractivity contribution in [2.24, 2.45) is 5.73 Å². The summed E-state index contributed by atoms with van der Waals surface area (Å²) in [6.45, 7) is 4.82. The first-order chi connectivity index (χ1) is 8.26. The monoisotopic (exact) mass is 232 g/mol. The first kappa shape index (κ1) is 13.5. The molecule has 0 amide bonds. The lowest BCUT2D eigenvalue weighted by molar-refractivity contribution is 0.337. The highest BCUT2D eigenvalue weighted by atomic mass is 15.1. The van der Waals surface area contributed by atoms with Crippen LogP contribution in [0.4, 0.5) is 0 Å². The van der Waals surface area contributed by atoms with E-state index in [1.54, 1.807) is 4.90 Å². The molecule has 92 valence electrons. The third kappa shape index (κ3) is 5.34. The van der Waals surface area contributed by atoms with Gasteiger partial charge in [-0.3, -0.25) is 0 Å². The molecule has 0 saturated heterocycles. The Morgan fingerprint density at radius 3 is 2.71 bits per heavy atom. The summed E-state index contributed by atoms with van der Waals surface area (Å²) in [6, 6.07) is 10.3. The molecule has 0 aliphatic carbocycles. The van der Waals surface area contributed by atoms with Crippen LogP contribution < -0.4 is 11.1 Å². The molecule has 1 atom stereocenters. The minimum Gasteiger partial charge on any atom is -0.329 e. The molecule has 0 fully saturated rings. The van der Waals surface area contributed by atoms with Crippen LogP contribution in [-0.2, 0) is 6.54 Å². The van der Waals surface area contributed by atoms with Gasteiger partial charge in [-0.25, -0.2) is 0 Å². The molecule has 0 aliphatic rings. The molecule has 4 nitrogen and oxygen atoms in total. The average molecular weight is 232 g/mol. The fourth-order valence-corrected chi connectivity index (χ4v) is 1.67. The van der Waals surface area contributed by atoms with E-state index in [-0.39, 0.29) is 6.04 Å². The molecule has 0 spiro atoms. The molecule has 1 rings (SSSR count). The van der Waals surface area contributed by atoms with Gasteiger partial charge in [0.25, 0.3) is 0 Å². The Labute approximate surface area is 103 Å². The van der Waals surface area contributed by atoms with Crippen molar-refractivity contribution in [3.05, 3.63) is 35.9 Å². The highest BCUT2D eigenvalue weighted by molar-refractivity contribution is 5.15. The predicted octanol–water partition coefficient (Wildman–Crippen LogP) is 0.906. The predicted molar refractivity (Wildman–Crippen MR) is 69.0 cm³/mol. The maximum Gasteiger partial charge on any atom is 0.179 e. The lowest BCUT2D eigenvalue weighted by atomic mass is 10.2. The van der Waals surface area contributed by atoms with Crippen LogP contribution in [0, 0.1) is 11.5 Å². The van der Waals surface area contributed by atoms with Gasteiger partial charge in [-0.1, -0.05) is 30.3 Å². The van der Waals surface area contributed by atoms with Crippen molar-refractivity contribution in [2.45, 2.75) is 19.5 Å². The van der Waals surface area contributed by atoms with Gasteiger partial charge < -0.3 is 16.0 Å². The van der Waals surface area contributed by atoms with Gasteiger partial charge in [0, 0.05) is 25.7 Å². The summed E-state index contributed by atoms with van der Waals surface area (Å²) in [7, 11) is 0. The van der Waals surface area contributed by atoms with Gasteiger partial charge in [0.2, 0.25) is 0 Å². The summed E-state index contributed by atoms with van der Waals surface area (Å²) in [4.78, 5) is 1.75. The fourth-order valence-electron chi connectivity index (χ4n) is 1.67. The molecule has 0 saturated carbocycles. The molecule has 0 radical (unpaired) electrons. The molecule has 0 aromatic heterocycles. The lowest BCUT2D eigenvalue weighted by Gasteiger charge is -2.21. The zero-order valence-corrected chi connectivity index (χ0v) is 10.3. The van der Waals surface area contributed by atoms with E-state index in [0.717, 1.165) is 12.1 Å². The first-order valence-electron chi connectivity index (χ1n) is 5.88. The van der Waals surface area contributed by atoms with Crippen molar-refractivity contribution >= 4 is 0 Å². The second-order valence-corrected chi connectivity index (χ2v) is 4.11. The highest BCUT2D eigenvalue weighted by Crippen LogP contribution is 2.03. The number of hydrogen-bond acceptors (Lipinski definition) is 4. The molecule has 0 heterocycles. The second kappa shape index (κ2) is 7.66. The Bertz CT molecular complexity index is 344. The highest BCUT2D eigenvalue weighted by Gasteiger charge is 2.08. The largest absolute Gasteiger partial charge is 0.329 e. The normalized spacial score (nSPS) is 11.8. The number of hydrogen-bond donors (Lipinski definition) is 2. The number of nitrogens with two attached hydrogens (primary N) is 1. The Balaban J connectivity index is 2.42. The van der Waals surface area contributed by atoms with Crippen LogP contribution in [0.2, 0.25) is 0 Å². The summed E-state index contributed by atoms with van der Waals surface area (Å²) < 4.78 is 0. The van der Waals surface area contributed by atoms with Crippen molar-refractivity contribution in [1.82, 2.24) is 10.2 Å². The molecule has 1 aromatic rings. The number of benzene rings is 1. The topological polar surface area (TPSA) is 65.1 Å². The van der Waals surface area contributed by atoms with Crippen LogP contribution >= 0.6 is 0 Å². The summed E-state index contributed by atoms with van der Waals surface area (Å²) in [5.41, 5.74) is 6.58. The minimum absolute atomic E-state index is 0.266. The first-order valence-corrected chi connectivity index (χ1v) is 5.88. The van der Waals surface area contributed by atoms with Crippen LogP contribution in [0.5, 0.6) is 0 Å². The van der Waals surface area contributed by atoms with Gasteiger partial charge in [-0.05, 0) is 12.5 Å². The molecular weight excluding hydrogens is 212 g/mol. The second-order valence-electron chi connectivity index (χ2n) is 4.11. The van der Waals surface area contributed by atoms with E-state index in [1.165, 1.54) is 0 Å².